The van der Waals surface area contributed by atoms with Gasteiger partial charge in [-0.25, -0.2) is 0 Å². The van der Waals surface area contributed by atoms with Gasteiger partial charge in [-0.05, 0) is 22.0 Å². The zero-order valence-corrected chi connectivity index (χ0v) is 8.26. The molecule has 0 radical (unpaired) electrons. The minimum atomic E-state index is -0.230. The van der Waals surface area contributed by atoms with Gasteiger partial charge in [0.2, 0.25) is 4.69 Å². The Hall–Kier alpha value is -1.03. The smallest absolute Gasteiger partial charge is 0.243 e. The second-order valence-electron chi connectivity index (χ2n) is 2.44. The average Bonchev–Trinajstić information content (AvgIpc) is 2.35. The summed E-state index contributed by atoms with van der Waals surface area (Å²) < 4.78 is 1.65. The van der Waals surface area contributed by atoms with Crippen molar-refractivity contribution in [1.82, 2.24) is 4.57 Å². The molecule has 0 saturated heterocycles. The van der Waals surface area contributed by atoms with Gasteiger partial charge in [-0.1, -0.05) is 6.58 Å². The number of anilines is 1. The molecule has 0 spiro atoms. The molecule has 0 aliphatic carbocycles. The summed E-state index contributed by atoms with van der Waals surface area (Å²) in [6.07, 6.45) is 3.75. The highest BCUT2D eigenvalue weighted by atomic mass is 79.9. The normalized spacial score (nSPS) is 9.50. The van der Waals surface area contributed by atoms with Gasteiger partial charge in [-0.2, -0.15) is 0 Å². The van der Waals surface area contributed by atoms with Gasteiger partial charge < -0.3 is 9.88 Å². The Bertz CT molecular complexity index is 317. The summed E-state index contributed by atoms with van der Waals surface area (Å²) in [5.41, 5.74) is 1.19. The molecule has 0 saturated carbocycles. The third-order valence-electron chi connectivity index (χ3n) is 1.36. The molecule has 12 heavy (non-hydrogen) atoms. The minimum absolute atomic E-state index is 0.230. The Labute approximate surface area is 79.2 Å². The quantitative estimate of drug-likeness (QED) is 0.634. The number of nitrogens with one attached hydrogen (secondary N) is 1. The number of aryl methyl sites for hydroxylation is 1. The SMILES string of the molecule is C=C(Nc1ccn(C)c1)C(=O)Br. The van der Waals surface area contributed by atoms with Gasteiger partial charge in [0.1, 0.15) is 0 Å². The lowest BCUT2D eigenvalue weighted by Crippen LogP contribution is -2.02. The Morgan fingerprint density at radius 1 is 1.75 bits per heavy atom. The lowest BCUT2D eigenvalue weighted by Gasteiger charge is -2.01. The van der Waals surface area contributed by atoms with Crippen molar-refractivity contribution >= 4 is 26.3 Å². The standard InChI is InChI=1S/C8H9BrN2O/c1-6(8(9)12)10-7-3-4-11(2)5-7/h3-5,10H,1H2,2H3. The number of allylic oxidation sites excluding steroid dienone is 1. The number of hydrogen-bond acceptors (Lipinski definition) is 2. The molecule has 1 rings (SSSR count). The van der Waals surface area contributed by atoms with E-state index >= 15 is 0 Å². The highest BCUT2D eigenvalue weighted by molar-refractivity contribution is 9.18. The van der Waals surface area contributed by atoms with E-state index in [4.69, 9.17) is 0 Å². The third kappa shape index (κ3) is 2.23. The molecule has 0 amide bonds. The zero-order valence-electron chi connectivity index (χ0n) is 6.67. The van der Waals surface area contributed by atoms with Crippen molar-refractivity contribution in [2.45, 2.75) is 0 Å². The summed E-state index contributed by atoms with van der Waals surface area (Å²) in [5.74, 6) is 0. The van der Waals surface area contributed by atoms with Gasteiger partial charge in [0.25, 0.3) is 0 Å². The predicted molar refractivity (Wildman–Crippen MR) is 52.1 cm³/mol. The highest BCUT2D eigenvalue weighted by Gasteiger charge is 2.02. The van der Waals surface area contributed by atoms with Crippen LogP contribution >= 0.6 is 15.9 Å². The van der Waals surface area contributed by atoms with Crippen molar-refractivity contribution in [1.29, 1.82) is 0 Å². The topological polar surface area (TPSA) is 34.0 Å². The maximum atomic E-state index is 10.7. The van der Waals surface area contributed by atoms with Crippen molar-refractivity contribution in [3.05, 3.63) is 30.7 Å². The molecular weight excluding hydrogens is 220 g/mol. The summed E-state index contributed by atoms with van der Waals surface area (Å²) in [7, 11) is 1.91. The molecule has 0 aromatic carbocycles. The summed E-state index contributed by atoms with van der Waals surface area (Å²) in [4.78, 5) is 10.7. The fourth-order valence-electron chi connectivity index (χ4n) is 0.801. The fourth-order valence-corrected chi connectivity index (χ4v) is 0.900. The number of nitrogens with zero attached hydrogens (tertiary/aromatic N) is 1. The number of halogens is 1. The molecule has 1 aromatic rings. The van der Waals surface area contributed by atoms with Crippen LogP contribution in [0.4, 0.5) is 5.69 Å². The van der Waals surface area contributed by atoms with Gasteiger partial charge >= 0.3 is 0 Å². The summed E-state index contributed by atoms with van der Waals surface area (Å²) >= 11 is 2.80. The molecule has 3 nitrogen and oxygen atoms in total. The maximum absolute atomic E-state index is 10.7. The van der Waals surface area contributed by atoms with Crippen molar-refractivity contribution in [3.63, 3.8) is 0 Å². The van der Waals surface area contributed by atoms with Crippen LogP contribution in [0.15, 0.2) is 30.7 Å². The van der Waals surface area contributed by atoms with E-state index in [0.29, 0.717) is 5.70 Å². The first-order chi connectivity index (χ1) is 5.59. The molecule has 0 bridgehead atoms. The molecule has 0 aliphatic heterocycles. The van der Waals surface area contributed by atoms with Gasteiger partial charge in [-0.15, -0.1) is 0 Å². The largest absolute Gasteiger partial charge is 0.355 e. The van der Waals surface area contributed by atoms with Crippen LogP contribution in [-0.4, -0.2) is 9.26 Å². The number of hydrogen-bond donors (Lipinski definition) is 1. The van der Waals surface area contributed by atoms with Crippen LogP contribution in [0.3, 0.4) is 0 Å². The molecule has 4 heteroatoms. The first-order valence-electron chi connectivity index (χ1n) is 3.37. The first-order valence-corrected chi connectivity index (χ1v) is 4.16. The molecule has 0 atom stereocenters. The highest BCUT2D eigenvalue weighted by Crippen LogP contribution is 2.10. The lowest BCUT2D eigenvalue weighted by atomic mass is 10.4. The van der Waals surface area contributed by atoms with Crippen LogP contribution in [0, 0.1) is 0 Å². The first kappa shape index (κ1) is 9.06. The predicted octanol–water partition coefficient (Wildman–Crippen LogP) is 1.87. The van der Waals surface area contributed by atoms with E-state index in [0.717, 1.165) is 5.69 Å². The Kier molecular flexibility index (Phi) is 2.70. The minimum Gasteiger partial charge on any atom is -0.355 e. The third-order valence-corrected chi connectivity index (χ3v) is 1.84. The molecule has 64 valence electrons. The van der Waals surface area contributed by atoms with E-state index in [-0.39, 0.29) is 4.69 Å². The number of aromatic nitrogens is 1. The van der Waals surface area contributed by atoms with E-state index in [9.17, 15) is 4.79 Å². The van der Waals surface area contributed by atoms with E-state index in [2.05, 4.69) is 27.8 Å². The van der Waals surface area contributed by atoms with Gasteiger partial charge in [0.15, 0.2) is 0 Å². The fraction of sp³-hybridized carbons (Fsp3) is 0.125. The summed E-state index contributed by atoms with van der Waals surface area (Å²) in [6.45, 7) is 3.54. The van der Waals surface area contributed by atoms with E-state index in [1.165, 1.54) is 0 Å². The number of carbonyl (C=O) groups is 1. The van der Waals surface area contributed by atoms with Crippen LogP contribution in [0.25, 0.3) is 0 Å². The Balaban J connectivity index is 2.64. The van der Waals surface area contributed by atoms with Crippen LogP contribution in [0.5, 0.6) is 0 Å². The van der Waals surface area contributed by atoms with Gasteiger partial charge in [-0.3, -0.25) is 4.79 Å². The van der Waals surface area contributed by atoms with Crippen LogP contribution in [-0.2, 0) is 11.8 Å². The molecular formula is C8H9BrN2O. The van der Waals surface area contributed by atoms with Crippen molar-refractivity contribution in [3.8, 4) is 0 Å². The Morgan fingerprint density at radius 3 is 2.83 bits per heavy atom. The van der Waals surface area contributed by atoms with Crippen LogP contribution in [0.2, 0.25) is 0 Å². The Morgan fingerprint density at radius 2 is 2.42 bits per heavy atom. The lowest BCUT2D eigenvalue weighted by molar-refractivity contribution is -0.107. The summed E-state index contributed by atoms with van der Waals surface area (Å²) in [5, 5.41) is 2.85. The summed E-state index contributed by atoms with van der Waals surface area (Å²) in [6, 6.07) is 1.86. The monoisotopic (exact) mass is 228 g/mol. The molecule has 0 unspecified atom stereocenters. The van der Waals surface area contributed by atoms with E-state index < -0.39 is 0 Å². The van der Waals surface area contributed by atoms with Crippen LogP contribution < -0.4 is 5.32 Å². The van der Waals surface area contributed by atoms with Crippen molar-refractivity contribution in [2.24, 2.45) is 7.05 Å². The van der Waals surface area contributed by atoms with Gasteiger partial charge in [0, 0.05) is 19.4 Å². The number of carbonyl (C=O) groups excluding carboxylic acids is 1. The molecule has 1 aromatic heterocycles. The molecule has 0 fully saturated rings. The molecule has 1 N–H and O–H groups in total. The van der Waals surface area contributed by atoms with E-state index in [1.807, 2.05) is 30.1 Å². The van der Waals surface area contributed by atoms with Crippen LogP contribution in [0.1, 0.15) is 0 Å². The molecule has 0 aliphatic rings. The maximum Gasteiger partial charge on any atom is 0.243 e. The van der Waals surface area contributed by atoms with E-state index in [1.54, 1.807) is 0 Å². The van der Waals surface area contributed by atoms with Crippen molar-refractivity contribution in [2.75, 3.05) is 5.32 Å². The molecule has 1 heterocycles. The second-order valence-corrected chi connectivity index (χ2v) is 3.16. The van der Waals surface area contributed by atoms with Gasteiger partial charge in [0.05, 0.1) is 11.4 Å². The second kappa shape index (κ2) is 3.58. The average molecular weight is 229 g/mol. The zero-order chi connectivity index (χ0) is 9.14. The van der Waals surface area contributed by atoms with Crippen molar-refractivity contribution < 1.29 is 4.79 Å². The number of rotatable bonds is 3.